The number of nitro groups is 1. The van der Waals surface area contributed by atoms with Gasteiger partial charge in [0, 0.05) is 24.3 Å². The maximum absolute atomic E-state index is 10.8. The zero-order valence-corrected chi connectivity index (χ0v) is 11.4. The average Bonchev–Trinajstić information content (AvgIpc) is 2.35. The molecule has 2 unspecified atom stereocenters. The van der Waals surface area contributed by atoms with E-state index in [0.29, 0.717) is 0 Å². The molecule has 0 amide bonds. The van der Waals surface area contributed by atoms with Crippen LogP contribution in [0, 0.1) is 10.1 Å². The normalized spacial score (nSPS) is 13.9. The predicted molar refractivity (Wildman–Crippen MR) is 70.0 cm³/mol. The molecule has 2 atom stereocenters. The molecule has 104 valence electrons. The second kappa shape index (κ2) is 6.80. The van der Waals surface area contributed by atoms with E-state index < -0.39 is 17.1 Å². The van der Waals surface area contributed by atoms with Crippen molar-refractivity contribution in [2.45, 2.75) is 19.1 Å². The van der Waals surface area contributed by atoms with Gasteiger partial charge in [0.1, 0.15) is 17.5 Å². The highest BCUT2D eigenvalue weighted by Gasteiger charge is 2.24. The minimum absolute atomic E-state index is 0.0461. The minimum atomic E-state index is -1.45. The van der Waals surface area contributed by atoms with Crippen LogP contribution in [-0.2, 0) is 4.79 Å². The van der Waals surface area contributed by atoms with Crippen LogP contribution in [0.3, 0.4) is 0 Å². The zero-order valence-electron chi connectivity index (χ0n) is 9.82. The molecule has 9 heteroatoms. The Morgan fingerprint density at radius 2 is 2.26 bits per heavy atom. The number of aliphatic hydroxyl groups excluding tert-OH is 2. The SMILES string of the molecule is CC(=O)SCC(O)C(O)c1cc([N+](=O)[O-])cnc1Cl. The number of hydrogen-bond donors (Lipinski definition) is 2. The molecule has 7 nitrogen and oxygen atoms in total. The Morgan fingerprint density at radius 3 is 2.79 bits per heavy atom. The van der Waals surface area contributed by atoms with E-state index >= 15 is 0 Å². The van der Waals surface area contributed by atoms with Gasteiger partial charge in [-0.25, -0.2) is 4.98 Å². The lowest BCUT2D eigenvalue weighted by Crippen LogP contribution is -2.22. The molecule has 0 aliphatic carbocycles. The summed E-state index contributed by atoms with van der Waals surface area (Å²) in [7, 11) is 0. The monoisotopic (exact) mass is 306 g/mol. The van der Waals surface area contributed by atoms with Gasteiger partial charge in [-0.15, -0.1) is 0 Å². The molecule has 1 aromatic rings. The summed E-state index contributed by atoms with van der Waals surface area (Å²) >= 11 is 6.56. The van der Waals surface area contributed by atoms with Gasteiger partial charge < -0.3 is 10.2 Å². The van der Waals surface area contributed by atoms with Crippen molar-refractivity contribution in [1.29, 1.82) is 0 Å². The molecule has 0 saturated carbocycles. The maximum atomic E-state index is 10.8. The van der Waals surface area contributed by atoms with Crippen LogP contribution in [0.25, 0.3) is 0 Å². The summed E-state index contributed by atoms with van der Waals surface area (Å²) in [6, 6.07) is 1.04. The lowest BCUT2D eigenvalue weighted by molar-refractivity contribution is -0.385. The molecule has 1 rings (SSSR count). The fourth-order valence-electron chi connectivity index (χ4n) is 1.26. The molecular formula is C10H11ClN2O5S. The Balaban J connectivity index is 2.91. The molecule has 1 heterocycles. The van der Waals surface area contributed by atoms with Crippen LogP contribution in [0.4, 0.5) is 5.69 Å². The van der Waals surface area contributed by atoms with Gasteiger partial charge in [-0.05, 0) is 0 Å². The van der Waals surface area contributed by atoms with Crippen LogP contribution in [-0.4, -0.2) is 37.1 Å². The second-order valence-electron chi connectivity index (χ2n) is 3.65. The Kier molecular flexibility index (Phi) is 5.67. The van der Waals surface area contributed by atoms with Gasteiger partial charge in [-0.3, -0.25) is 14.9 Å². The van der Waals surface area contributed by atoms with Crippen molar-refractivity contribution in [3.8, 4) is 0 Å². The number of nitrogens with zero attached hydrogens (tertiary/aromatic N) is 2. The Bertz CT molecular complexity index is 499. The number of aromatic nitrogens is 1. The number of carbonyl (C=O) groups excluding carboxylic acids is 1. The quantitative estimate of drug-likeness (QED) is 0.479. The van der Waals surface area contributed by atoms with Gasteiger partial charge in [0.15, 0.2) is 5.12 Å². The van der Waals surface area contributed by atoms with Crippen LogP contribution in [0.2, 0.25) is 5.15 Å². The number of aliphatic hydroxyl groups is 2. The summed E-state index contributed by atoms with van der Waals surface area (Å²) in [5, 5.41) is 29.8. The lowest BCUT2D eigenvalue weighted by Gasteiger charge is -2.17. The Hall–Kier alpha value is -1.22. The summed E-state index contributed by atoms with van der Waals surface area (Å²) in [6.07, 6.45) is -1.78. The van der Waals surface area contributed by atoms with Gasteiger partial charge in [0.25, 0.3) is 5.69 Å². The van der Waals surface area contributed by atoms with Crippen LogP contribution in [0.5, 0.6) is 0 Å². The number of rotatable bonds is 5. The molecule has 0 fully saturated rings. The van der Waals surface area contributed by atoms with E-state index in [9.17, 15) is 25.1 Å². The van der Waals surface area contributed by atoms with Crippen molar-refractivity contribution in [3.05, 3.63) is 33.1 Å². The van der Waals surface area contributed by atoms with Gasteiger partial charge in [-0.2, -0.15) is 0 Å². The first kappa shape index (κ1) is 15.8. The van der Waals surface area contributed by atoms with Crippen LogP contribution < -0.4 is 0 Å². The number of hydrogen-bond acceptors (Lipinski definition) is 7. The molecule has 0 aliphatic heterocycles. The first-order valence-corrected chi connectivity index (χ1v) is 6.48. The average molecular weight is 307 g/mol. The molecule has 2 N–H and O–H groups in total. The highest BCUT2D eigenvalue weighted by Crippen LogP contribution is 2.28. The van der Waals surface area contributed by atoms with Crippen molar-refractivity contribution >= 4 is 34.2 Å². The van der Waals surface area contributed by atoms with Crippen LogP contribution >= 0.6 is 23.4 Å². The third kappa shape index (κ3) is 4.43. The molecule has 0 aromatic carbocycles. The third-order valence-electron chi connectivity index (χ3n) is 2.20. The summed E-state index contributed by atoms with van der Waals surface area (Å²) < 4.78 is 0. The topological polar surface area (TPSA) is 114 Å². The fraction of sp³-hybridized carbons (Fsp3) is 0.400. The maximum Gasteiger partial charge on any atom is 0.288 e. The second-order valence-corrected chi connectivity index (χ2v) is 5.20. The molecule has 0 spiro atoms. The van der Waals surface area contributed by atoms with Crippen molar-refractivity contribution in [1.82, 2.24) is 4.98 Å². The van der Waals surface area contributed by atoms with Crippen LogP contribution in [0.15, 0.2) is 12.3 Å². The Morgan fingerprint density at radius 1 is 1.63 bits per heavy atom. The first-order chi connectivity index (χ1) is 8.82. The van der Waals surface area contributed by atoms with Crippen molar-refractivity contribution in [3.63, 3.8) is 0 Å². The highest BCUT2D eigenvalue weighted by molar-refractivity contribution is 8.13. The molecule has 0 aliphatic rings. The number of carbonyl (C=O) groups is 1. The van der Waals surface area contributed by atoms with Crippen molar-refractivity contribution in [2.75, 3.05) is 5.75 Å². The fourth-order valence-corrected chi connectivity index (χ4v) is 2.06. The van der Waals surface area contributed by atoms with Gasteiger partial charge in [0.05, 0.1) is 11.0 Å². The summed E-state index contributed by atoms with van der Waals surface area (Å²) in [6.45, 7) is 1.33. The summed E-state index contributed by atoms with van der Waals surface area (Å²) in [5.74, 6) is -0.0461. The summed E-state index contributed by atoms with van der Waals surface area (Å²) in [5.41, 5.74) is -0.391. The van der Waals surface area contributed by atoms with E-state index in [0.717, 1.165) is 24.0 Å². The molecular weight excluding hydrogens is 296 g/mol. The van der Waals surface area contributed by atoms with E-state index in [-0.39, 0.29) is 27.3 Å². The van der Waals surface area contributed by atoms with E-state index in [1.54, 1.807) is 0 Å². The minimum Gasteiger partial charge on any atom is -0.389 e. The number of halogens is 1. The smallest absolute Gasteiger partial charge is 0.288 e. The van der Waals surface area contributed by atoms with Gasteiger partial charge >= 0.3 is 0 Å². The Labute approximate surface area is 117 Å². The largest absolute Gasteiger partial charge is 0.389 e. The third-order valence-corrected chi connectivity index (χ3v) is 3.43. The van der Waals surface area contributed by atoms with Crippen molar-refractivity contribution < 1.29 is 19.9 Å². The molecule has 19 heavy (non-hydrogen) atoms. The lowest BCUT2D eigenvalue weighted by atomic mass is 10.1. The first-order valence-electron chi connectivity index (χ1n) is 5.12. The van der Waals surface area contributed by atoms with E-state index in [1.165, 1.54) is 6.92 Å². The standard InChI is InChI=1S/C10H11ClN2O5S/c1-5(14)19-4-8(15)9(16)7-2-6(13(17)18)3-12-10(7)11/h2-3,8-9,15-16H,4H2,1H3. The number of pyridine rings is 1. The summed E-state index contributed by atoms with van der Waals surface area (Å²) in [4.78, 5) is 24.3. The molecule has 1 aromatic heterocycles. The zero-order chi connectivity index (χ0) is 14.6. The van der Waals surface area contributed by atoms with Gasteiger partial charge in [0.2, 0.25) is 0 Å². The van der Waals surface area contributed by atoms with Crippen molar-refractivity contribution in [2.24, 2.45) is 0 Å². The van der Waals surface area contributed by atoms with E-state index in [1.807, 2.05) is 0 Å². The van der Waals surface area contributed by atoms with Crippen LogP contribution in [0.1, 0.15) is 18.6 Å². The van der Waals surface area contributed by atoms with E-state index in [2.05, 4.69) is 4.98 Å². The molecule has 0 bridgehead atoms. The number of thioether (sulfide) groups is 1. The molecule has 0 radical (unpaired) electrons. The van der Waals surface area contributed by atoms with Gasteiger partial charge in [-0.1, -0.05) is 23.4 Å². The highest BCUT2D eigenvalue weighted by atomic mass is 35.5. The predicted octanol–water partition coefficient (Wildman–Crippen LogP) is 1.32. The van der Waals surface area contributed by atoms with E-state index in [4.69, 9.17) is 11.6 Å². The molecule has 0 saturated heterocycles.